The van der Waals surface area contributed by atoms with E-state index in [1.54, 1.807) is 6.21 Å². The van der Waals surface area contributed by atoms with E-state index >= 15 is 0 Å². The Morgan fingerprint density at radius 2 is 1.96 bits per heavy atom. The Labute approximate surface area is 167 Å². The van der Waals surface area contributed by atoms with Gasteiger partial charge in [0.15, 0.2) is 11.5 Å². The third-order valence-corrected chi connectivity index (χ3v) is 4.24. The summed E-state index contributed by atoms with van der Waals surface area (Å²) in [7, 11) is 0. The molecular formula is C19H22ClIN2O2. The maximum Gasteiger partial charge on any atom is 0.174 e. The van der Waals surface area contributed by atoms with Crippen molar-refractivity contribution < 1.29 is 9.47 Å². The van der Waals surface area contributed by atoms with E-state index in [-0.39, 0.29) is 6.10 Å². The second-order valence-electron chi connectivity index (χ2n) is 5.65. The molecule has 0 amide bonds. The number of hydrogen-bond donors (Lipinski definition) is 1. The summed E-state index contributed by atoms with van der Waals surface area (Å²) >= 11 is 8.14. The van der Waals surface area contributed by atoms with Gasteiger partial charge in [0.1, 0.15) is 0 Å². The standard InChI is InChI=1S/C19H22ClIN2O2/c1-4-24-18-10-15(9-17(21)19(18)25-13(2)3)12-23-22-11-14-5-7-16(20)8-6-14/h5-10,12-13,22H,4,11H2,1-3H3/b23-12-. The number of hydrogen-bond acceptors (Lipinski definition) is 4. The first kappa shape index (κ1) is 19.8. The summed E-state index contributed by atoms with van der Waals surface area (Å²) < 4.78 is 12.6. The fourth-order valence-corrected chi connectivity index (χ4v) is 3.01. The van der Waals surface area contributed by atoms with Crippen LogP contribution in [0.2, 0.25) is 5.02 Å². The van der Waals surface area contributed by atoms with Crippen LogP contribution in [0.15, 0.2) is 41.5 Å². The molecule has 1 N–H and O–H groups in total. The molecule has 0 saturated heterocycles. The Bertz CT molecular complexity index is 718. The van der Waals surface area contributed by atoms with Crippen LogP contribution >= 0.6 is 34.2 Å². The van der Waals surface area contributed by atoms with Crippen molar-refractivity contribution in [2.75, 3.05) is 6.61 Å². The first-order valence-electron chi connectivity index (χ1n) is 8.13. The highest BCUT2D eigenvalue weighted by Gasteiger charge is 2.13. The van der Waals surface area contributed by atoms with Crippen molar-refractivity contribution in [3.63, 3.8) is 0 Å². The molecule has 2 aromatic carbocycles. The van der Waals surface area contributed by atoms with Crippen LogP contribution in [0.3, 0.4) is 0 Å². The van der Waals surface area contributed by atoms with Crippen molar-refractivity contribution in [3.05, 3.63) is 56.1 Å². The quantitative estimate of drug-likeness (QED) is 0.324. The molecule has 0 aliphatic carbocycles. The van der Waals surface area contributed by atoms with E-state index in [9.17, 15) is 0 Å². The van der Waals surface area contributed by atoms with Crippen molar-refractivity contribution in [2.45, 2.75) is 33.4 Å². The lowest BCUT2D eigenvalue weighted by molar-refractivity contribution is 0.222. The van der Waals surface area contributed by atoms with Crippen LogP contribution in [0.25, 0.3) is 0 Å². The fourth-order valence-electron chi connectivity index (χ4n) is 2.13. The topological polar surface area (TPSA) is 42.8 Å². The van der Waals surface area contributed by atoms with E-state index in [2.05, 4.69) is 33.1 Å². The minimum atomic E-state index is 0.0910. The normalized spacial score (nSPS) is 11.1. The molecule has 25 heavy (non-hydrogen) atoms. The Morgan fingerprint density at radius 1 is 1.24 bits per heavy atom. The molecule has 0 atom stereocenters. The van der Waals surface area contributed by atoms with Crippen LogP contribution < -0.4 is 14.9 Å². The van der Waals surface area contributed by atoms with Gasteiger partial charge in [0.2, 0.25) is 0 Å². The molecule has 134 valence electrons. The van der Waals surface area contributed by atoms with Crippen LogP contribution in [0.4, 0.5) is 0 Å². The van der Waals surface area contributed by atoms with Gasteiger partial charge in [-0.1, -0.05) is 23.7 Å². The number of nitrogens with one attached hydrogen (secondary N) is 1. The molecule has 0 spiro atoms. The number of benzene rings is 2. The highest BCUT2D eigenvalue weighted by atomic mass is 127. The molecule has 2 rings (SSSR count). The van der Waals surface area contributed by atoms with Crippen molar-refractivity contribution in [1.29, 1.82) is 0 Å². The average molecular weight is 473 g/mol. The minimum absolute atomic E-state index is 0.0910. The molecule has 6 heteroatoms. The van der Waals surface area contributed by atoms with Gasteiger partial charge >= 0.3 is 0 Å². The van der Waals surface area contributed by atoms with Gasteiger partial charge in [-0.05, 0) is 78.8 Å². The van der Waals surface area contributed by atoms with Crippen molar-refractivity contribution in [3.8, 4) is 11.5 Å². The van der Waals surface area contributed by atoms with E-state index in [1.165, 1.54) is 0 Å². The zero-order chi connectivity index (χ0) is 18.2. The predicted molar refractivity (Wildman–Crippen MR) is 112 cm³/mol. The van der Waals surface area contributed by atoms with Crippen LogP contribution in [0, 0.1) is 3.57 Å². The third-order valence-electron chi connectivity index (χ3n) is 3.19. The second kappa shape index (κ2) is 9.87. The SMILES string of the molecule is CCOc1cc(/C=N\NCc2ccc(Cl)cc2)cc(I)c1OC(C)C. The molecule has 0 bridgehead atoms. The molecule has 0 unspecified atom stereocenters. The number of ether oxygens (including phenoxy) is 2. The second-order valence-corrected chi connectivity index (χ2v) is 7.25. The Balaban J connectivity index is 2.06. The lowest BCUT2D eigenvalue weighted by Gasteiger charge is -2.16. The van der Waals surface area contributed by atoms with Gasteiger partial charge in [0, 0.05) is 5.02 Å². The zero-order valence-corrected chi connectivity index (χ0v) is 17.5. The van der Waals surface area contributed by atoms with E-state index < -0.39 is 0 Å². The number of hydrazone groups is 1. The summed E-state index contributed by atoms with van der Waals surface area (Å²) in [5.41, 5.74) is 5.11. The molecule has 2 aromatic rings. The van der Waals surface area contributed by atoms with Crippen molar-refractivity contribution >= 4 is 40.4 Å². The lowest BCUT2D eigenvalue weighted by atomic mass is 10.2. The molecule has 0 saturated carbocycles. The monoisotopic (exact) mass is 472 g/mol. The smallest absolute Gasteiger partial charge is 0.174 e. The number of rotatable bonds is 8. The van der Waals surface area contributed by atoms with Crippen molar-refractivity contribution in [1.82, 2.24) is 5.43 Å². The van der Waals surface area contributed by atoms with Gasteiger partial charge in [-0.3, -0.25) is 0 Å². The average Bonchev–Trinajstić information content (AvgIpc) is 2.56. The summed E-state index contributed by atoms with van der Waals surface area (Å²) in [6, 6.07) is 11.6. The summed E-state index contributed by atoms with van der Waals surface area (Å²) in [6.45, 7) is 7.18. The largest absolute Gasteiger partial charge is 0.490 e. The van der Waals surface area contributed by atoms with Crippen molar-refractivity contribution in [2.24, 2.45) is 5.10 Å². The number of halogens is 2. The minimum Gasteiger partial charge on any atom is -0.490 e. The summed E-state index contributed by atoms with van der Waals surface area (Å²) in [5, 5.41) is 5.02. The molecule has 0 radical (unpaired) electrons. The maximum atomic E-state index is 5.88. The van der Waals surface area contributed by atoms with Crippen LogP contribution in [-0.4, -0.2) is 18.9 Å². The molecule has 0 fully saturated rings. The van der Waals surface area contributed by atoms with Crippen LogP contribution in [0.1, 0.15) is 31.9 Å². The Hall–Kier alpha value is -1.47. The lowest BCUT2D eigenvalue weighted by Crippen LogP contribution is -2.09. The van der Waals surface area contributed by atoms with Gasteiger partial charge in [-0.2, -0.15) is 5.10 Å². The Kier molecular flexibility index (Phi) is 7.84. The predicted octanol–water partition coefficient (Wildman–Crippen LogP) is 5.25. The highest BCUT2D eigenvalue weighted by molar-refractivity contribution is 14.1. The van der Waals surface area contributed by atoms with E-state index in [0.717, 1.165) is 31.2 Å². The van der Waals surface area contributed by atoms with Gasteiger partial charge < -0.3 is 14.9 Å². The highest BCUT2D eigenvalue weighted by Crippen LogP contribution is 2.34. The molecule has 0 aliphatic rings. The van der Waals surface area contributed by atoms with Gasteiger partial charge in [0.05, 0.1) is 29.0 Å². The zero-order valence-electron chi connectivity index (χ0n) is 14.6. The number of nitrogens with zero attached hydrogens (tertiary/aromatic N) is 1. The van der Waals surface area contributed by atoms with Gasteiger partial charge in [0.25, 0.3) is 0 Å². The molecule has 0 aliphatic heterocycles. The fraction of sp³-hybridized carbons (Fsp3) is 0.316. The molecule has 4 nitrogen and oxygen atoms in total. The van der Waals surface area contributed by atoms with E-state index in [4.69, 9.17) is 21.1 Å². The van der Waals surface area contributed by atoms with Crippen LogP contribution in [-0.2, 0) is 6.54 Å². The molecular weight excluding hydrogens is 451 g/mol. The summed E-state index contributed by atoms with van der Waals surface area (Å²) in [5.74, 6) is 1.52. The van der Waals surface area contributed by atoms with Gasteiger partial charge in [-0.15, -0.1) is 0 Å². The van der Waals surface area contributed by atoms with Gasteiger partial charge in [-0.25, -0.2) is 0 Å². The third kappa shape index (κ3) is 6.40. The summed E-state index contributed by atoms with van der Waals surface area (Å²) in [6.07, 6.45) is 1.87. The first-order valence-corrected chi connectivity index (χ1v) is 9.58. The maximum absolute atomic E-state index is 5.88. The van der Waals surface area contributed by atoms with E-state index in [1.807, 2.05) is 57.2 Å². The van der Waals surface area contributed by atoms with Crippen LogP contribution in [0.5, 0.6) is 11.5 Å². The molecule has 0 heterocycles. The Morgan fingerprint density at radius 3 is 2.60 bits per heavy atom. The summed E-state index contributed by atoms with van der Waals surface area (Å²) in [4.78, 5) is 0. The van der Waals surface area contributed by atoms with E-state index in [0.29, 0.717) is 13.2 Å². The first-order chi connectivity index (χ1) is 12.0. The molecule has 0 aromatic heterocycles.